The topological polar surface area (TPSA) is 12.9 Å². The van der Waals surface area contributed by atoms with Crippen LogP contribution in [0.3, 0.4) is 0 Å². The van der Waals surface area contributed by atoms with Crippen molar-refractivity contribution in [1.29, 1.82) is 0 Å². The Hall–Kier alpha value is -1.44. The Bertz CT molecular complexity index is 458. The van der Waals surface area contributed by atoms with Gasteiger partial charge in [0.2, 0.25) is 0 Å². The van der Waals surface area contributed by atoms with Crippen molar-refractivity contribution in [3.8, 4) is 0 Å². The van der Waals surface area contributed by atoms with E-state index in [-0.39, 0.29) is 5.82 Å². The van der Waals surface area contributed by atoms with Crippen molar-refractivity contribution in [2.24, 2.45) is 0 Å². The maximum atomic E-state index is 13.5. The van der Waals surface area contributed by atoms with Crippen LogP contribution in [0, 0.1) is 19.7 Å². The summed E-state index contributed by atoms with van der Waals surface area (Å²) in [4.78, 5) is 4.14. The number of aromatic nitrogens is 1. The summed E-state index contributed by atoms with van der Waals surface area (Å²) in [6.07, 6.45) is 1.56. The lowest BCUT2D eigenvalue weighted by Crippen LogP contribution is -1.88. The van der Waals surface area contributed by atoms with Crippen LogP contribution in [0.1, 0.15) is 11.1 Å². The molecule has 0 bridgehead atoms. The van der Waals surface area contributed by atoms with Crippen LogP contribution in [0.15, 0.2) is 24.4 Å². The Morgan fingerprint density at radius 3 is 2.77 bits per heavy atom. The minimum absolute atomic E-state index is 0.159. The minimum Gasteiger partial charge on any atom is -0.256 e. The Kier molecular flexibility index (Phi) is 1.76. The quantitative estimate of drug-likeness (QED) is 0.599. The Morgan fingerprint density at radius 2 is 2.00 bits per heavy atom. The fourth-order valence-corrected chi connectivity index (χ4v) is 1.37. The first-order valence-corrected chi connectivity index (χ1v) is 4.20. The van der Waals surface area contributed by atoms with Gasteiger partial charge < -0.3 is 0 Å². The largest absolute Gasteiger partial charge is 0.256 e. The van der Waals surface area contributed by atoms with Crippen LogP contribution < -0.4 is 0 Å². The number of fused-ring (bicyclic) bond motifs is 1. The van der Waals surface area contributed by atoms with Crippen molar-refractivity contribution < 1.29 is 4.39 Å². The molecule has 1 nitrogen and oxygen atoms in total. The van der Waals surface area contributed by atoms with Crippen molar-refractivity contribution in [3.05, 3.63) is 41.3 Å². The van der Waals surface area contributed by atoms with Crippen molar-refractivity contribution in [2.75, 3.05) is 0 Å². The standard InChI is InChI=1S/C11H10FN/c1-7-3-4-10-9(5-7)11(12)8(2)6-13-10/h3-6H,1-2H3. The average molecular weight is 175 g/mol. The Balaban J connectivity index is 2.89. The predicted molar refractivity (Wildman–Crippen MR) is 51.2 cm³/mol. The molecule has 0 aliphatic heterocycles. The highest BCUT2D eigenvalue weighted by atomic mass is 19.1. The second-order valence-electron chi connectivity index (χ2n) is 3.28. The lowest BCUT2D eigenvalue weighted by Gasteiger charge is -2.02. The first-order valence-electron chi connectivity index (χ1n) is 4.20. The third-order valence-corrected chi connectivity index (χ3v) is 2.13. The second-order valence-corrected chi connectivity index (χ2v) is 3.28. The zero-order chi connectivity index (χ0) is 9.42. The fraction of sp³-hybridized carbons (Fsp3) is 0.182. The van der Waals surface area contributed by atoms with Gasteiger partial charge in [-0.3, -0.25) is 4.98 Å². The molecule has 2 heteroatoms. The van der Waals surface area contributed by atoms with E-state index in [1.807, 2.05) is 25.1 Å². The molecule has 0 radical (unpaired) electrons. The van der Waals surface area contributed by atoms with Crippen molar-refractivity contribution in [3.63, 3.8) is 0 Å². The van der Waals surface area contributed by atoms with Gasteiger partial charge >= 0.3 is 0 Å². The number of aryl methyl sites for hydroxylation is 2. The molecule has 0 spiro atoms. The van der Waals surface area contributed by atoms with Crippen LogP contribution in [-0.2, 0) is 0 Å². The normalized spacial score (nSPS) is 10.7. The summed E-state index contributed by atoms with van der Waals surface area (Å²) in [7, 11) is 0. The maximum Gasteiger partial charge on any atom is 0.137 e. The van der Waals surface area contributed by atoms with E-state index in [0.717, 1.165) is 5.56 Å². The van der Waals surface area contributed by atoms with E-state index in [1.54, 1.807) is 13.1 Å². The van der Waals surface area contributed by atoms with Gasteiger partial charge in [0.25, 0.3) is 0 Å². The highest BCUT2D eigenvalue weighted by Crippen LogP contribution is 2.19. The maximum absolute atomic E-state index is 13.5. The summed E-state index contributed by atoms with van der Waals surface area (Å²) in [6.45, 7) is 3.67. The first kappa shape index (κ1) is 8.17. The molecule has 0 amide bonds. The molecule has 0 N–H and O–H groups in total. The van der Waals surface area contributed by atoms with E-state index in [4.69, 9.17) is 0 Å². The SMILES string of the molecule is Cc1ccc2ncc(C)c(F)c2c1. The molecule has 2 rings (SSSR count). The second kappa shape index (κ2) is 2.80. The van der Waals surface area contributed by atoms with Crippen molar-refractivity contribution in [1.82, 2.24) is 4.98 Å². The van der Waals surface area contributed by atoms with Crippen LogP contribution >= 0.6 is 0 Å². The predicted octanol–water partition coefficient (Wildman–Crippen LogP) is 2.99. The first-order chi connectivity index (χ1) is 6.18. The van der Waals surface area contributed by atoms with Gasteiger partial charge in [-0.15, -0.1) is 0 Å². The van der Waals surface area contributed by atoms with Crippen LogP contribution in [-0.4, -0.2) is 4.98 Å². The van der Waals surface area contributed by atoms with Crippen molar-refractivity contribution >= 4 is 10.9 Å². The molecule has 0 unspecified atom stereocenters. The van der Waals surface area contributed by atoms with Gasteiger partial charge in [0.1, 0.15) is 5.82 Å². The van der Waals surface area contributed by atoms with Gasteiger partial charge in [-0.2, -0.15) is 0 Å². The molecule has 0 fully saturated rings. The molecule has 1 aromatic carbocycles. The van der Waals surface area contributed by atoms with Crippen LogP contribution in [0.4, 0.5) is 4.39 Å². The molecule has 0 aliphatic carbocycles. The number of hydrogen-bond acceptors (Lipinski definition) is 1. The van der Waals surface area contributed by atoms with Gasteiger partial charge in [0.15, 0.2) is 0 Å². The summed E-state index contributed by atoms with van der Waals surface area (Å²) in [5.41, 5.74) is 2.37. The summed E-state index contributed by atoms with van der Waals surface area (Å²) in [5.74, 6) is -0.159. The highest BCUT2D eigenvalue weighted by molar-refractivity contribution is 5.80. The Morgan fingerprint density at radius 1 is 1.23 bits per heavy atom. The number of nitrogens with zero attached hydrogens (tertiary/aromatic N) is 1. The van der Waals surface area contributed by atoms with Gasteiger partial charge in [-0.05, 0) is 26.0 Å². The van der Waals surface area contributed by atoms with E-state index >= 15 is 0 Å². The fourth-order valence-electron chi connectivity index (χ4n) is 1.37. The summed E-state index contributed by atoms with van der Waals surface area (Å²) in [6, 6.07) is 5.60. The molecule has 0 aliphatic rings. The van der Waals surface area contributed by atoms with Gasteiger partial charge in [0.05, 0.1) is 5.52 Å². The van der Waals surface area contributed by atoms with Crippen LogP contribution in [0.25, 0.3) is 10.9 Å². The smallest absolute Gasteiger partial charge is 0.137 e. The molecule has 1 heterocycles. The molecular formula is C11H10FN. The number of hydrogen-bond donors (Lipinski definition) is 0. The number of rotatable bonds is 0. The van der Waals surface area contributed by atoms with Gasteiger partial charge in [0, 0.05) is 17.1 Å². The van der Waals surface area contributed by atoms with Gasteiger partial charge in [-0.1, -0.05) is 11.6 Å². The lowest BCUT2D eigenvalue weighted by molar-refractivity contribution is 0.629. The van der Waals surface area contributed by atoms with E-state index in [0.29, 0.717) is 16.5 Å². The Labute approximate surface area is 76.2 Å². The average Bonchev–Trinajstić information content (AvgIpc) is 2.12. The number of halogens is 1. The summed E-state index contributed by atoms with van der Waals surface area (Å²) < 4.78 is 13.5. The van der Waals surface area contributed by atoms with E-state index in [9.17, 15) is 4.39 Å². The van der Waals surface area contributed by atoms with Crippen LogP contribution in [0.2, 0.25) is 0 Å². The number of pyridine rings is 1. The van der Waals surface area contributed by atoms with Crippen LogP contribution in [0.5, 0.6) is 0 Å². The lowest BCUT2D eigenvalue weighted by atomic mass is 10.1. The molecule has 0 atom stereocenters. The summed E-state index contributed by atoms with van der Waals surface area (Å²) >= 11 is 0. The molecule has 1 aromatic heterocycles. The summed E-state index contributed by atoms with van der Waals surface area (Å²) in [5, 5.41) is 0.611. The van der Waals surface area contributed by atoms with Gasteiger partial charge in [-0.25, -0.2) is 4.39 Å². The van der Waals surface area contributed by atoms with E-state index in [2.05, 4.69) is 4.98 Å². The molecule has 13 heavy (non-hydrogen) atoms. The molecule has 2 aromatic rings. The monoisotopic (exact) mass is 175 g/mol. The highest BCUT2D eigenvalue weighted by Gasteiger charge is 2.04. The molecule has 0 saturated heterocycles. The van der Waals surface area contributed by atoms with Crippen molar-refractivity contribution in [2.45, 2.75) is 13.8 Å². The molecule has 0 saturated carbocycles. The van der Waals surface area contributed by atoms with E-state index in [1.165, 1.54) is 0 Å². The molecule has 66 valence electrons. The zero-order valence-electron chi connectivity index (χ0n) is 7.63. The third kappa shape index (κ3) is 1.28. The minimum atomic E-state index is -0.159. The van der Waals surface area contributed by atoms with E-state index < -0.39 is 0 Å². The third-order valence-electron chi connectivity index (χ3n) is 2.13. The number of benzene rings is 1. The zero-order valence-corrected chi connectivity index (χ0v) is 7.63. The molecular weight excluding hydrogens is 165 g/mol.